The van der Waals surface area contributed by atoms with Crippen LogP contribution in [0.4, 0.5) is 0 Å². The lowest BCUT2D eigenvalue weighted by Crippen LogP contribution is -2.31. The van der Waals surface area contributed by atoms with Gasteiger partial charge in [0.05, 0.1) is 46.1 Å². The van der Waals surface area contributed by atoms with Crippen molar-refractivity contribution in [2.75, 3.05) is 35.0 Å². The van der Waals surface area contributed by atoms with Crippen LogP contribution in [0, 0.1) is 0 Å². The van der Waals surface area contributed by atoms with Gasteiger partial charge in [-0.15, -0.1) is 0 Å². The van der Waals surface area contributed by atoms with Crippen molar-refractivity contribution in [2.24, 2.45) is 0 Å². The molecule has 0 fully saturated rings. The molecule has 1 heterocycles. The number of methoxy groups -OCH3 is 4. The number of imide groups is 1. The molecule has 1 aliphatic heterocycles. The lowest BCUT2D eigenvalue weighted by atomic mass is 10.0. The normalized spacial score (nSPS) is 13.1. The van der Waals surface area contributed by atoms with E-state index in [-0.39, 0.29) is 18.4 Å². The van der Waals surface area contributed by atoms with Crippen LogP contribution in [0.5, 0.6) is 23.0 Å². The van der Waals surface area contributed by atoms with Gasteiger partial charge in [0, 0.05) is 0 Å². The largest absolute Gasteiger partial charge is 0.497 e. The van der Waals surface area contributed by atoms with Crippen LogP contribution in [-0.2, 0) is 0 Å². The summed E-state index contributed by atoms with van der Waals surface area (Å²) < 4.78 is 21.7. The molecule has 0 aromatic heterocycles. The number of rotatable bonds is 8. The number of fused-ring (bicyclic) bond motifs is 1. The molecule has 0 saturated heterocycles. The highest BCUT2D eigenvalue weighted by atomic mass is 16.5. The molecule has 7 heteroatoms. The molecule has 0 aliphatic carbocycles. The Kier molecular flexibility index (Phi) is 6.54. The minimum Gasteiger partial charge on any atom is -0.497 e. The lowest BCUT2D eigenvalue weighted by molar-refractivity contribution is 0.0675. The molecule has 3 aromatic rings. The molecule has 0 unspecified atom stereocenters. The van der Waals surface area contributed by atoms with E-state index in [0.29, 0.717) is 28.4 Å². The minimum atomic E-state index is -0.325. The third-order valence-corrected chi connectivity index (χ3v) is 5.70. The smallest absolute Gasteiger partial charge is 0.261 e. The molecule has 0 bridgehead atoms. The van der Waals surface area contributed by atoms with Gasteiger partial charge in [-0.25, -0.2) is 0 Å². The van der Waals surface area contributed by atoms with E-state index in [9.17, 15) is 9.59 Å². The van der Waals surface area contributed by atoms with E-state index < -0.39 is 0 Å². The number of carbonyl (C=O) groups excluding carboxylic acids is 2. The monoisotopic (exact) mass is 459 g/mol. The summed E-state index contributed by atoms with van der Waals surface area (Å²) in [6.07, 6.45) is 1.92. The highest BCUT2D eigenvalue weighted by molar-refractivity contribution is 6.22. The zero-order valence-corrected chi connectivity index (χ0v) is 19.5. The predicted molar refractivity (Wildman–Crippen MR) is 129 cm³/mol. The molecule has 0 radical (unpaired) electrons. The second-order valence-corrected chi connectivity index (χ2v) is 7.60. The summed E-state index contributed by atoms with van der Waals surface area (Å²) in [5.74, 6) is 1.48. The van der Waals surface area contributed by atoms with Gasteiger partial charge in [0.15, 0.2) is 11.5 Å². The van der Waals surface area contributed by atoms with E-state index in [0.717, 1.165) is 22.4 Å². The van der Waals surface area contributed by atoms with Crippen LogP contribution in [-0.4, -0.2) is 51.7 Å². The molecule has 0 atom stereocenters. The standard InChI is InChI=1S/C27H25NO6/c1-31-20-11-9-17(10-12-20)13-19(18-14-23(32-2)25(34-4)24(15-18)33-3)16-28-26(29)21-7-5-6-8-22(21)27(28)30/h5-15H,16H2,1-4H3/b19-13-. The Bertz CT molecular complexity index is 1200. The molecule has 0 N–H and O–H groups in total. The van der Waals surface area contributed by atoms with Crippen molar-refractivity contribution < 1.29 is 28.5 Å². The van der Waals surface area contributed by atoms with E-state index in [2.05, 4.69) is 0 Å². The van der Waals surface area contributed by atoms with Gasteiger partial charge in [0.1, 0.15) is 5.75 Å². The van der Waals surface area contributed by atoms with Crippen molar-refractivity contribution in [1.82, 2.24) is 4.90 Å². The maximum atomic E-state index is 13.0. The summed E-state index contributed by atoms with van der Waals surface area (Å²) in [4.78, 5) is 27.4. The van der Waals surface area contributed by atoms with Gasteiger partial charge >= 0.3 is 0 Å². The second-order valence-electron chi connectivity index (χ2n) is 7.60. The molecule has 1 aliphatic rings. The summed E-state index contributed by atoms with van der Waals surface area (Å²) in [7, 11) is 6.22. The highest BCUT2D eigenvalue weighted by Crippen LogP contribution is 2.40. The minimum absolute atomic E-state index is 0.0665. The van der Waals surface area contributed by atoms with Crippen molar-refractivity contribution >= 4 is 23.5 Å². The SMILES string of the molecule is COc1ccc(/C=C(/CN2C(=O)c3ccccc3C2=O)c2cc(OC)c(OC)c(OC)c2)cc1. The Morgan fingerprint density at radius 3 is 1.79 bits per heavy atom. The maximum absolute atomic E-state index is 13.0. The van der Waals surface area contributed by atoms with E-state index in [1.54, 1.807) is 43.5 Å². The van der Waals surface area contributed by atoms with Crippen LogP contribution in [0.2, 0.25) is 0 Å². The molecule has 4 rings (SSSR count). The number of hydrogen-bond acceptors (Lipinski definition) is 6. The van der Waals surface area contributed by atoms with Gasteiger partial charge in [0.25, 0.3) is 11.8 Å². The molecule has 3 aromatic carbocycles. The molecule has 34 heavy (non-hydrogen) atoms. The van der Waals surface area contributed by atoms with Crippen molar-refractivity contribution in [3.05, 3.63) is 82.9 Å². The molecule has 174 valence electrons. The summed E-state index contributed by atoms with van der Waals surface area (Å²) in [6.45, 7) is 0.0665. The maximum Gasteiger partial charge on any atom is 0.261 e. The Labute approximate surface area is 198 Å². The van der Waals surface area contributed by atoms with Gasteiger partial charge in [0.2, 0.25) is 5.75 Å². The number of nitrogens with zero attached hydrogens (tertiary/aromatic N) is 1. The van der Waals surface area contributed by atoms with Crippen LogP contribution >= 0.6 is 0 Å². The van der Waals surface area contributed by atoms with E-state index in [4.69, 9.17) is 18.9 Å². The Morgan fingerprint density at radius 2 is 1.32 bits per heavy atom. The molecule has 0 saturated carbocycles. The van der Waals surface area contributed by atoms with Crippen LogP contribution < -0.4 is 18.9 Å². The Morgan fingerprint density at radius 1 is 0.765 bits per heavy atom. The van der Waals surface area contributed by atoms with E-state index in [1.165, 1.54) is 26.2 Å². The molecular formula is C27H25NO6. The fourth-order valence-corrected chi connectivity index (χ4v) is 3.94. The quantitative estimate of drug-likeness (QED) is 0.363. The van der Waals surface area contributed by atoms with Crippen molar-refractivity contribution in [3.8, 4) is 23.0 Å². The van der Waals surface area contributed by atoms with Gasteiger partial charge in [-0.1, -0.05) is 24.3 Å². The fourth-order valence-electron chi connectivity index (χ4n) is 3.94. The van der Waals surface area contributed by atoms with Crippen LogP contribution in [0.3, 0.4) is 0 Å². The topological polar surface area (TPSA) is 74.3 Å². The third kappa shape index (κ3) is 4.20. The number of hydrogen-bond donors (Lipinski definition) is 0. The van der Waals surface area contributed by atoms with Crippen LogP contribution in [0.25, 0.3) is 11.6 Å². The van der Waals surface area contributed by atoms with Gasteiger partial charge in [-0.2, -0.15) is 0 Å². The first-order valence-corrected chi connectivity index (χ1v) is 10.6. The summed E-state index contributed by atoms with van der Waals surface area (Å²) in [6, 6.07) is 17.9. The van der Waals surface area contributed by atoms with Gasteiger partial charge < -0.3 is 18.9 Å². The number of ether oxygens (including phenoxy) is 4. The van der Waals surface area contributed by atoms with Gasteiger partial charge in [-0.3, -0.25) is 14.5 Å². The van der Waals surface area contributed by atoms with Crippen LogP contribution in [0.1, 0.15) is 31.8 Å². The highest BCUT2D eigenvalue weighted by Gasteiger charge is 2.35. The summed E-state index contributed by atoms with van der Waals surface area (Å²) in [5.41, 5.74) is 3.13. The van der Waals surface area contributed by atoms with Crippen molar-refractivity contribution in [3.63, 3.8) is 0 Å². The second kappa shape index (κ2) is 9.70. The van der Waals surface area contributed by atoms with Crippen molar-refractivity contribution in [2.45, 2.75) is 0 Å². The number of carbonyl (C=O) groups is 2. The fraction of sp³-hybridized carbons (Fsp3) is 0.185. The third-order valence-electron chi connectivity index (χ3n) is 5.70. The molecule has 2 amide bonds. The first-order valence-electron chi connectivity index (χ1n) is 10.6. The number of benzene rings is 3. The van der Waals surface area contributed by atoms with E-state index in [1.807, 2.05) is 30.3 Å². The Balaban J connectivity index is 1.81. The Hall–Kier alpha value is -4.26. The molecule has 0 spiro atoms. The zero-order valence-electron chi connectivity index (χ0n) is 19.5. The van der Waals surface area contributed by atoms with E-state index >= 15 is 0 Å². The van der Waals surface area contributed by atoms with Crippen molar-refractivity contribution in [1.29, 1.82) is 0 Å². The molecule has 7 nitrogen and oxygen atoms in total. The molecular weight excluding hydrogens is 434 g/mol. The lowest BCUT2D eigenvalue weighted by Gasteiger charge is -2.19. The summed E-state index contributed by atoms with van der Waals surface area (Å²) >= 11 is 0. The first kappa shape index (κ1) is 22.9. The predicted octanol–water partition coefficient (Wildman–Crippen LogP) is 4.56. The summed E-state index contributed by atoms with van der Waals surface area (Å²) in [5, 5.41) is 0. The zero-order chi connectivity index (χ0) is 24.2. The average Bonchev–Trinajstić information content (AvgIpc) is 3.12. The first-order chi connectivity index (χ1) is 16.5. The average molecular weight is 459 g/mol. The number of amides is 2. The van der Waals surface area contributed by atoms with Crippen LogP contribution in [0.15, 0.2) is 60.7 Å². The van der Waals surface area contributed by atoms with Gasteiger partial charge in [-0.05, 0) is 59.2 Å².